The average Bonchev–Trinajstić information content (AvgIpc) is 3.08. The molecule has 0 aliphatic carbocycles. The highest BCUT2D eigenvalue weighted by atomic mass is 16.5. The van der Waals surface area contributed by atoms with E-state index in [-0.39, 0.29) is 23.6 Å². The van der Waals surface area contributed by atoms with Crippen molar-refractivity contribution in [3.8, 4) is 5.75 Å². The van der Waals surface area contributed by atoms with Gasteiger partial charge in [0.05, 0.1) is 19.3 Å². The molecule has 1 heterocycles. The summed E-state index contributed by atoms with van der Waals surface area (Å²) >= 11 is 0. The summed E-state index contributed by atoms with van der Waals surface area (Å²) in [6, 6.07) is 24.5. The topological polar surface area (TPSA) is 121 Å². The highest BCUT2D eigenvalue weighted by Gasteiger charge is 2.25. The van der Waals surface area contributed by atoms with Gasteiger partial charge in [0.25, 0.3) is 11.8 Å². The van der Waals surface area contributed by atoms with E-state index in [1.54, 1.807) is 42.5 Å². The number of aryl methyl sites for hydroxylation is 1. The quantitative estimate of drug-likeness (QED) is 0.163. The SMILES string of the molecule is CC(C)CC(NC(=O)c1cccc(OCCN2CCOCC2)c1)C(=O)NC(/C=N/NC(=O)c1ccccc1)CCc1ccccc1. The first kappa shape index (κ1) is 34.3. The molecule has 0 radical (unpaired) electrons. The Morgan fingerprint density at radius 2 is 1.59 bits per heavy atom. The highest BCUT2D eigenvalue weighted by molar-refractivity contribution is 5.98. The molecule has 10 nitrogen and oxygen atoms in total. The van der Waals surface area contributed by atoms with Crippen molar-refractivity contribution in [2.45, 2.75) is 45.2 Å². The molecule has 0 aromatic heterocycles. The summed E-state index contributed by atoms with van der Waals surface area (Å²) in [6.45, 7) is 8.51. The van der Waals surface area contributed by atoms with Crippen LogP contribution >= 0.6 is 0 Å². The van der Waals surface area contributed by atoms with Crippen molar-refractivity contribution in [2.75, 3.05) is 39.5 Å². The van der Waals surface area contributed by atoms with Crippen molar-refractivity contribution < 1.29 is 23.9 Å². The van der Waals surface area contributed by atoms with Gasteiger partial charge in [0.1, 0.15) is 18.4 Å². The molecule has 1 fully saturated rings. The monoisotopic (exact) mass is 627 g/mol. The van der Waals surface area contributed by atoms with Crippen molar-refractivity contribution in [1.82, 2.24) is 21.0 Å². The molecular formula is C36H45N5O5. The van der Waals surface area contributed by atoms with Crippen LogP contribution in [0.15, 0.2) is 90.0 Å². The average molecular weight is 628 g/mol. The van der Waals surface area contributed by atoms with Crippen LogP contribution in [-0.2, 0) is 16.0 Å². The van der Waals surface area contributed by atoms with E-state index in [0.29, 0.717) is 42.7 Å². The number of carbonyl (C=O) groups is 3. The van der Waals surface area contributed by atoms with E-state index in [2.05, 4.69) is 26.1 Å². The minimum atomic E-state index is -0.773. The lowest BCUT2D eigenvalue weighted by Crippen LogP contribution is -2.50. The second-order valence-electron chi connectivity index (χ2n) is 11.7. The summed E-state index contributed by atoms with van der Waals surface area (Å²) in [5.74, 6) is -0.279. The predicted molar refractivity (Wildman–Crippen MR) is 179 cm³/mol. The smallest absolute Gasteiger partial charge is 0.271 e. The Kier molecular flexibility index (Phi) is 13.8. The maximum absolute atomic E-state index is 13.6. The molecule has 1 aliphatic heterocycles. The van der Waals surface area contributed by atoms with Crippen molar-refractivity contribution >= 4 is 23.9 Å². The van der Waals surface area contributed by atoms with Gasteiger partial charge in [0.15, 0.2) is 0 Å². The Morgan fingerprint density at radius 1 is 0.891 bits per heavy atom. The molecule has 3 N–H and O–H groups in total. The van der Waals surface area contributed by atoms with Crippen LogP contribution in [0.25, 0.3) is 0 Å². The molecule has 0 spiro atoms. The van der Waals surface area contributed by atoms with Crippen LogP contribution in [0.2, 0.25) is 0 Å². The molecule has 2 atom stereocenters. The second kappa shape index (κ2) is 18.4. The van der Waals surface area contributed by atoms with Gasteiger partial charge in [-0.3, -0.25) is 19.3 Å². The van der Waals surface area contributed by atoms with Crippen LogP contribution in [0, 0.1) is 5.92 Å². The van der Waals surface area contributed by atoms with Crippen LogP contribution in [0.1, 0.15) is 53.0 Å². The number of carbonyl (C=O) groups excluding carboxylic acids is 3. The maximum Gasteiger partial charge on any atom is 0.271 e. The molecule has 3 aromatic carbocycles. The van der Waals surface area contributed by atoms with Crippen molar-refractivity contribution in [3.05, 3.63) is 102 Å². The van der Waals surface area contributed by atoms with Gasteiger partial charge in [0.2, 0.25) is 5.91 Å². The van der Waals surface area contributed by atoms with E-state index in [9.17, 15) is 14.4 Å². The lowest BCUT2D eigenvalue weighted by molar-refractivity contribution is -0.123. The van der Waals surface area contributed by atoms with Gasteiger partial charge in [-0.05, 0) is 61.1 Å². The molecule has 3 aromatic rings. The second-order valence-corrected chi connectivity index (χ2v) is 11.7. The Balaban J connectivity index is 1.38. The zero-order valence-corrected chi connectivity index (χ0v) is 26.7. The van der Waals surface area contributed by atoms with Gasteiger partial charge in [0, 0.05) is 37.0 Å². The number of rotatable bonds is 16. The van der Waals surface area contributed by atoms with Gasteiger partial charge in [-0.2, -0.15) is 5.10 Å². The van der Waals surface area contributed by atoms with Gasteiger partial charge in [-0.25, -0.2) is 5.43 Å². The predicted octanol–water partition coefficient (Wildman–Crippen LogP) is 4.08. The Bertz CT molecular complexity index is 1410. The molecule has 0 bridgehead atoms. The molecule has 2 unspecified atom stereocenters. The summed E-state index contributed by atoms with van der Waals surface area (Å²) in [6.07, 6.45) is 3.21. The zero-order chi connectivity index (χ0) is 32.6. The molecule has 46 heavy (non-hydrogen) atoms. The van der Waals surface area contributed by atoms with Gasteiger partial charge >= 0.3 is 0 Å². The largest absolute Gasteiger partial charge is 0.492 e. The molecule has 0 saturated carbocycles. The van der Waals surface area contributed by atoms with Crippen LogP contribution in [0.4, 0.5) is 0 Å². The summed E-state index contributed by atoms with van der Waals surface area (Å²) in [7, 11) is 0. The number of benzene rings is 3. The molecule has 3 amide bonds. The maximum atomic E-state index is 13.6. The fraction of sp³-hybridized carbons (Fsp3) is 0.389. The number of amides is 3. The third-order valence-corrected chi connectivity index (χ3v) is 7.58. The highest BCUT2D eigenvalue weighted by Crippen LogP contribution is 2.15. The lowest BCUT2D eigenvalue weighted by atomic mass is 10.0. The standard InChI is InChI=1S/C36H45N5O5/c1-27(2)24-33(39-34(42)30-14-9-15-32(25-30)46-23-20-41-18-21-45-22-19-41)36(44)38-31(17-16-28-10-5-3-6-11-28)26-37-40-35(43)29-12-7-4-8-13-29/h3-15,25-27,31,33H,16-24H2,1-2H3,(H,38,44)(H,39,42)(H,40,43)/b37-26+. The minimum Gasteiger partial charge on any atom is -0.492 e. The number of ether oxygens (including phenoxy) is 2. The van der Waals surface area contributed by atoms with Gasteiger partial charge in [-0.15, -0.1) is 0 Å². The van der Waals surface area contributed by atoms with E-state index in [4.69, 9.17) is 9.47 Å². The molecule has 10 heteroatoms. The molecule has 1 aliphatic rings. The molecule has 4 rings (SSSR count). The van der Waals surface area contributed by atoms with E-state index in [0.717, 1.165) is 38.4 Å². The Morgan fingerprint density at radius 3 is 2.30 bits per heavy atom. The molecule has 1 saturated heterocycles. The van der Waals surface area contributed by atoms with Crippen LogP contribution in [0.5, 0.6) is 5.75 Å². The Labute approximate surface area is 271 Å². The fourth-order valence-electron chi connectivity index (χ4n) is 5.06. The van der Waals surface area contributed by atoms with E-state index in [1.165, 1.54) is 6.21 Å². The van der Waals surface area contributed by atoms with Crippen LogP contribution < -0.4 is 20.8 Å². The van der Waals surface area contributed by atoms with E-state index >= 15 is 0 Å². The number of morpholine rings is 1. The number of nitrogens with one attached hydrogen (secondary N) is 3. The third-order valence-electron chi connectivity index (χ3n) is 7.58. The van der Waals surface area contributed by atoms with Crippen molar-refractivity contribution in [3.63, 3.8) is 0 Å². The number of hydrazone groups is 1. The summed E-state index contributed by atoms with van der Waals surface area (Å²) in [4.78, 5) is 41.8. The molecular weight excluding hydrogens is 582 g/mol. The lowest BCUT2D eigenvalue weighted by Gasteiger charge is -2.26. The van der Waals surface area contributed by atoms with Gasteiger partial charge < -0.3 is 20.1 Å². The van der Waals surface area contributed by atoms with Crippen molar-refractivity contribution in [1.29, 1.82) is 0 Å². The normalized spacial score (nSPS) is 14.8. The van der Waals surface area contributed by atoms with E-state index in [1.807, 2.05) is 56.3 Å². The van der Waals surface area contributed by atoms with Crippen molar-refractivity contribution in [2.24, 2.45) is 11.0 Å². The van der Waals surface area contributed by atoms with Crippen LogP contribution in [-0.4, -0.2) is 80.4 Å². The first-order valence-corrected chi connectivity index (χ1v) is 15.9. The summed E-state index contributed by atoms with van der Waals surface area (Å²) in [5, 5.41) is 10.1. The Hall–Kier alpha value is -4.54. The fourth-order valence-corrected chi connectivity index (χ4v) is 5.06. The van der Waals surface area contributed by atoms with Crippen LogP contribution in [0.3, 0.4) is 0 Å². The molecule has 244 valence electrons. The first-order valence-electron chi connectivity index (χ1n) is 15.9. The number of hydrogen-bond acceptors (Lipinski definition) is 7. The number of hydrogen-bond donors (Lipinski definition) is 3. The minimum absolute atomic E-state index is 0.146. The third kappa shape index (κ3) is 11.8. The summed E-state index contributed by atoms with van der Waals surface area (Å²) < 4.78 is 11.3. The zero-order valence-electron chi connectivity index (χ0n) is 26.7. The summed E-state index contributed by atoms with van der Waals surface area (Å²) in [5.41, 5.74) is 4.55. The van der Waals surface area contributed by atoms with Gasteiger partial charge in [-0.1, -0.05) is 68.4 Å². The first-order chi connectivity index (χ1) is 22.4. The van der Waals surface area contributed by atoms with E-state index < -0.39 is 12.1 Å². The number of nitrogens with zero attached hydrogens (tertiary/aromatic N) is 2.